The Labute approximate surface area is 91.9 Å². The molecule has 1 N–H and O–H groups in total. The number of benzene rings is 1. The number of rotatable bonds is 3. The Kier molecular flexibility index (Phi) is 2.28. The van der Waals surface area contributed by atoms with E-state index in [0.29, 0.717) is 6.04 Å². The molecule has 0 radical (unpaired) electrons. The molecule has 0 amide bonds. The molecule has 1 aromatic carbocycles. The minimum Gasteiger partial charge on any atom is -0.307 e. The van der Waals surface area contributed by atoms with Crippen molar-refractivity contribution in [1.82, 2.24) is 5.32 Å². The number of aryl methyl sites for hydroxylation is 1. The van der Waals surface area contributed by atoms with E-state index in [1.54, 1.807) is 11.1 Å². The Morgan fingerprint density at radius 1 is 1.33 bits per heavy atom. The van der Waals surface area contributed by atoms with Crippen molar-refractivity contribution >= 4 is 0 Å². The van der Waals surface area contributed by atoms with E-state index in [4.69, 9.17) is 0 Å². The highest BCUT2D eigenvalue weighted by molar-refractivity contribution is 5.34. The third-order valence-corrected chi connectivity index (χ3v) is 4.00. The van der Waals surface area contributed by atoms with Crippen LogP contribution in [0.1, 0.15) is 43.4 Å². The second-order valence-corrected chi connectivity index (χ2v) is 4.97. The van der Waals surface area contributed by atoms with Gasteiger partial charge in [-0.25, -0.2) is 0 Å². The van der Waals surface area contributed by atoms with Crippen molar-refractivity contribution in [2.24, 2.45) is 5.92 Å². The predicted molar refractivity (Wildman–Crippen MR) is 62.8 cm³/mol. The van der Waals surface area contributed by atoms with Gasteiger partial charge in [-0.2, -0.15) is 0 Å². The molecule has 0 spiro atoms. The number of nitrogens with one attached hydrogen (secondary N) is 1. The van der Waals surface area contributed by atoms with E-state index in [0.717, 1.165) is 12.0 Å². The normalized spacial score (nSPS) is 32.7. The van der Waals surface area contributed by atoms with Crippen molar-refractivity contribution in [2.45, 2.75) is 44.7 Å². The van der Waals surface area contributed by atoms with Gasteiger partial charge < -0.3 is 5.32 Å². The summed E-state index contributed by atoms with van der Waals surface area (Å²) in [4.78, 5) is 0. The van der Waals surface area contributed by atoms with E-state index in [1.165, 1.54) is 25.7 Å². The molecule has 1 fully saturated rings. The summed E-state index contributed by atoms with van der Waals surface area (Å²) >= 11 is 0. The van der Waals surface area contributed by atoms with Gasteiger partial charge in [0.25, 0.3) is 0 Å². The maximum atomic E-state index is 3.81. The molecule has 0 heterocycles. The van der Waals surface area contributed by atoms with Crippen LogP contribution in [0.4, 0.5) is 0 Å². The first-order valence-corrected chi connectivity index (χ1v) is 6.22. The minimum absolute atomic E-state index is 0.641. The molecule has 0 aromatic heterocycles. The lowest BCUT2D eigenvalue weighted by atomic mass is 10.1. The zero-order chi connectivity index (χ0) is 10.3. The largest absolute Gasteiger partial charge is 0.307 e. The maximum absolute atomic E-state index is 3.81. The first kappa shape index (κ1) is 9.41. The van der Waals surface area contributed by atoms with Crippen molar-refractivity contribution < 1.29 is 0 Å². The van der Waals surface area contributed by atoms with Crippen LogP contribution in [-0.4, -0.2) is 6.04 Å². The van der Waals surface area contributed by atoms with Crippen LogP contribution >= 0.6 is 0 Å². The molecule has 2 aliphatic rings. The molecule has 1 aromatic rings. The second-order valence-electron chi connectivity index (χ2n) is 4.97. The number of fused-ring (bicyclic) bond motifs is 1. The number of hydrogen-bond acceptors (Lipinski definition) is 1. The summed E-state index contributed by atoms with van der Waals surface area (Å²) in [5.74, 6) is 0.956. The van der Waals surface area contributed by atoms with Gasteiger partial charge >= 0.3 is 0 Å². The van der Waals surface area contributed by atoms with Crippen molar-refractivity contribution in [2.75, 3.05) is 0 Å². The summed E-state index contributed by atoms with van der Waals surface area (Å²) in [7, 11) is 0. The molecule has 2 aliphatic carbocycles. The molecule has 15 heavy (non-hydrogen) atoms. The molecule has 3 unspecified atom stereocenters. The van der Waals surface area contributed by atoms with Gasteiger partial charge in [0.15, 0.2) is 0 Å². The standard InChI is InChI=1S/C14H19N/c1-2-10-9-14(10)15-13-8-7-11-5-3-4-6-12(11)13/h3-6,10,13-15H,2,7-9H2,1H3. The van der Waals surface area contributed by atoms with Gasteiger partial charge in [-0.1, -0.05) is 37.6 Å². The smallest absolute Gasteiger partial charge is 0.0328 e. The Balaban J connectivity index is 1.69. The summed E-state index contributed by atoms with van der Waals surface area (Å²) in [6.45, 7) is 2.30. The zero-order valence-corrected chi connectivity index (χ0v) is 9.37. The van der Waals surface area contributed by atoms with Crippen LogP contribution in [-0.2, 0) is 6.42 Å². The van der Waals surface area contributed by atoms with E-state index in [1.807, 2.05) is 0 Å². The lowest BCUT2D eigenvalue weighted by Gasteiger charge is -2.13. The molecule has 1 saturated carbocycles. The average molecular weight is 201 g/mol. The van der Waals surface area contributed by atoms with Crippen molar-refractivity contribution in [1.29, 1.82) is 0 Å². The third kappa shape index (κ3) is 1.69. The highest BCUT2D eigenvalue weighted by Crippen LogP contribution is 2.38. The van der Waals surface area contributed by atoms with E-state index < -0.39 is 0 Å². The van der Waals surface area contributed by atoms with Gasteiger partial charge in [0.05, 0.1) is 0 Å². The van der Waals surface area contributed by atoms with Crippen LogP contribution in [0.25, 0.3) is 0 Å². The number of hydrogen-bond donors (Lipinski definition) is 1. The Morgan fingerprint density at radius 2 is 2.20 bits per heavy atom. The van der Waals surface area contributed by atoms with E-state index in [-0.39, 0.29) is 0 Å². The van der Waals surface area contributed by atoms with E-state index in [9.17, 15) is 0 Å². The fourth-order valence-electron chi connectivity index (χ4n) is 2.89. The summed E-state index contributed by atoms with van der Waals surface area (Å²) in [5.41, 5.74) is 3.11. The van der Waals surface area contributed by atoms with Crippen LogP contribution in [0.5, 0.6) is 0 Å². The van der Waals surface area contributed by atoms with Crippen molar-refractivity contribution in [3.63, 3.8) is 0 Å². The average Bonchev–Trinajstić information content (AvgIpc) is 2.91. The van der Waals surface area contributed by atoms with Crippen molar-refractivity contribution in [3.8, 4) is 0 Å². The molecule has 3 rings (SSSR count). The Bertz CT molecular complexity index is 358. The Morgan fingerprint density at radius 3 is 3.00 bits per heavy atom. The van der Waals surface area contributed by atoms with Crippen LogP contribution in [0.3, 0.4) is 0 Å². The van der Waals surface area contributed by atoms with Gasteiger partial charge in [-0.3, -0.25) is 0 Å². The quantitative estimate of drug-likeness (QED) is 0.792. The highest BCUT2D eigenvalue weighted by atomic mass is 15.0. The SMILES string of the molecule is CCC1CC1NC1CCc2ccccc21. The van der Waals surface area contributed by atoms with Crippen molar-refractivity contribution in [3.05, 3.63) is 35.4 Å². The van der Waals surface area contributed by atoms with Gasteiger partial charge in [0.1, 0.15) is 0 Å². The van der Waals surface area contributed by atoms with Crippen LogP contribution in [0.15, 0.2) is 24.3 Å². The molecule has 80 valence electrons. The monoisotopic (exact) mass is 201 g/mol. The van der Waals surface area contributed by atoms with Gasteiger partial charge in [-0.15, -0.1) is 0 Å². The highest BCUT2D eigenvalue weighted by Gasteiger charge is 2.37. The molecule has 3 atom stereocenters. The lowest BCUT2D eigenvalue weighted by Crippen LogP contribution is -2.22. The summed E-state index contributed by atoms with van der Waals surface area (Å²) in [5, 5.41) is 3.81. The molecule has 0 bridgehead atoms. The first-order chi connectivity index (χ1) is 7.38. The summed E-state index contributed by atoms with van der Waals surface area (Å²) < 4.78 is 0. The fraction of sp³-hybridized carbons (Fsp3) is 0.571. The van der Waals surface area contributed by atoms with E-state index >= 15 is 0 Å². The minimum atomic E-state index is 0.641. The summed E-state index contributed by atoms with van der Waals surface area (Å²) in [6, 6.07) is 10.4. The predicted octanol–water partition coefficient (Wildman–Crippen LogP) is 3.06. The van der Waals surface area contributed by atoms with Crippen LogP contribution in [0, 0.1) is 5.92 Å². The van der Waals surface area contributed by atoms with Gasteiger partial charge in [-0.05, 0) is 36.3 Å². The maximum Gasteiger partial charge on any atom is 0.0328 e. The molecular weight excluding hydrogens is 182 g/mol. The summed E-state index contributed by atoms with van der Waals surface area (Å²) in [6.07, 6.45) is 5.30. The lowest BCUT2D eigenvalue weighted by molar-refractivity contribution is 0.504. The molecule has 0 aliphatic heterocycles. The van der Waals surface area contributed by atoms with Crippen LogP contribution < -0.4 is 5.32 Å². The molecule has 1 nitrogen and oxygen atoms in total. The van der Waals surface area contributed by atoms with E-state index in [2.05, 4.69) is 36.5 Å². The molecular formula is C14H19N. The first-order valence-electron chi connectivity index (χ1n) is 6.22. The Hall–Kier alpha value is -0.820. The van der Waals surface area contributed by atoms with Gasteiger partial charge in [0, 0.05) is 12.1 Å². The third-order valence-electron chi connectivity index (χ3n) is 4.00. The molecule has 1 heteroatoms. The zero-order valence-electron chi connectivity index (χ0n) is 9.37. The fourth-order valence-corrected chi connectivity index (χ4v) is 2.89. The van der Waals surface area contributed by atoms with Crippen LogP contribution in [0.2, 0.25) is 0 Å². The molecule has 0 saturated heterocycles. The van der Waals surface area contributed by atoms with Gasteiger partial charge in [0.2, 0.25) is 0 Å². The second kappa shape index (κ2) is 3.64. The topological polar surface area (TPSA) is 12.0 Å².